The van der Waals surface area contributed by atoms with Gasteiger partial charge in [0.2, 0.25) is 0 Å². The van der Waals surface area contributed by atoms with Crippen molar-refractivity contribution in [3.05, 3.63) is 94.7 Å². The molecule has 33 heavy (non-hydrogen) atoms. The molecule has 0 saturated heterocycles. The number of aryl methyl sites for hydroxylation is 3. The molecule has 168 valence electrons. The second kappa shape index (κ2) is 8.94. The van der Waals surface area contributed by atoms with Crippen molar-refractivity contribution in [3.8, 4) is 5.75 Å². The van der Waals surface area contributed by atoms with E-state index in [2.05, 4.69) is 11.4 Å². The van der Waals surface area contributed by atoms with Gasteiger partial charge < -0.3 is 10.1 Å². The maximum absolute atomic E-state index is 13.6. The first-order valence-corrected chi connectivity index (χ1v) is 11.0. The Hall–Kier alpha value is -3.86. The average molecular weight is 441 g/mol. The first-order valence-electron chi connectivity index (χ1n) is 11.0. The van der Waals surface area contributed by atoms with E-state index in [4.69, 9.17) is 4.74 Å². The molecule has 0 atom stereocenters. The summed E-state index contributed by atoms with van der Waals surface area (Å²) in [6.07, 6.45) is 0.0364. The van der Waals surface area contributed by atoms with Crippen LogP contribution in [-0.2, 0) is 9.59 Å². The highest BCUT2D eigenvalue weighted by Crippen LogP contribution is 2.34. The Morgan fingerprint density at radius 3 is 1.94 bits per heavy atom. The topological polar surface area (TPSA) is 58.6 Å². The van der Waals surface area contributed by atoms with Crippen LogP contribution in [0.4, 0.5) is 11.4 Å². The highest BCUT2D eigenvalue weighted by Gasteiger charge is 2.40. The summed E-state index contributed by atoms with van der Waals surface area (Å²) >= 11 is 0. The zero-order valence-corrected chi connectivity index (χ0v) is 19.6. The molecule has 1 heterocycles. The predicted octanol–water partition coefficient (Wildman–Crippen LogP) is 5.80. The highest BCUT2D eigenvalue weighted by atomic mass is 16.5. The number of hydrogen-bond acceptors (Lipinski definition) is 4. The molecule has 3 aromatic rings. The van der Waals surface area contributed by atoms with Gasteiger partial charge in [-0.2, -0.15) is 0 Å². The molecule has 0 aromatic heterocycles. The minimum Gasteiger partial charge on any atom is -0.491 e. The fraction of sp³-hybridized carbons (Fsp3) is 0.214. The molecular formula is C28H28N2O3. The molecule has 2 amide bonds. The van der Waals surface area contributed by atoms with Crippen molar-refractivity contribution in [1.29, 1.82) is 0 Å². The molecule has 1 N–H and O–H groups in total. The molecule has 0 saturated carbocycles. The largest absolute Gasteiger partial charge is 0.491 e. The van der Waals surface area contributed by atoms with E-state index in [0.29, 0.717) is 22.6 Å². The Morgan fingerprint density at radius 2 is 1.36 bits per heavy atom. The number of anilines is 2. The van der Waals surface area contributed by atoms with Gasteiger partial charge in [-0.3, -0.25) is 9.59 Å². The van der Waals surface area contributed by atoms with Gasteiger partial charge in [-0.05, 0) is 87.7 Å². The Labute approximate surface area is 194 Å². The number of benzene rings is 3. The lowest BCUT2D eigenvalue weighted by Gasteiger charge is -2.17. The Kier molecular flexibility index (Phi) is 6.05. The summed E-state index contributed by atoms with van der Waals surface area (Å²) in [6.45, 7) is 9.89. The van der Waals surface area contributed by atoms with Crippen LogP contribution in [0.15, 0.2) is 72.4 Å². The van der Waals surface area contributed by atoms with Crippen molar-refractivity contribution in [2.75, 3.05) is 10.2 Å². The van der Waals surface area contributed by atoms with Gasteiger partial charge in [0.05, 0.1) is 17.4 Å². The number of nitrogens with zero attached hydrogens (tertiary/aromatic N) is 1. The monoisotopic (exact) mass is 440 g/mol. The lowest BCUT2D eigenvalue weighted by molar-refractivity contribution is -0.120. The van der Waals surface area contributed by atoms with E-state index in [9.17, 15) is 9.59 Å². The van der Waals surface area contributed by atoms with Gasteiger partial charge in [0.25, 0.3) is 11.8 Å². The fourth-order valence-electron chi connectivity index (χ4n) is 4.01. The van der Waals surface area contributed by atoms with E-state index in [1.54, 1.807) is 24.3 Å². The van der Waals surface area contributed by atoms with Crippen molar-refractivity contribution >= 4 is 28.8 Å². The van der Waals surface area contributed by atoms with Gasteiger partial charge in [-0.1, -0.05) is 35.9 Å². The number of hydrogen-bond donors (Lipinski definition) is 1. The average Bonchev–Trinajstić information content (AvgIpc) is 2.98. The van der Waals surface area contributed by atoms with Crippen LogP contribution in [0.2, 0.25) is 0 Å². The fourth-order valence-corrected chi connectivity index (χ4v) is 4.01. The Morgan fingerprint density at radius 1 is 0.758 bits per heavy atom. The number of imide groups is 1. The third-order valence-electron chi connectivity index (χ3n) is 5.38. The van der Waals surface area contributed by atoms with E-state index in [1.807, 2.05) is 71.0 Å². The van der Waals surface area contributed by atoms with E-state index < -0.39 is 0 Å². The summed E-state index contributed by atoms with van der Waals surface area (Å²) in [7, 11) is 0. The Balaban J connectivity index is 1.76. The molecule has 0 fully saturated rings. The molecule has 5 nitrogen and oxygen atoms in total. The lowest BCUT2D eigenvalue weighted by Crippen LogP contribution is -2.32. The number of carbonyl (C=O) groups is 2. The predicted molar refractivity (Wildman–Crippen MR) is 132 cm³/mol. The van der Waals surface area contributed by atoms with Crippen LogP contribution in [0.25, 0.3) is 5.57 Å². The summed E-state index contributed by atoms with van der Waals surface area (Å²) in [5, 5.41) is 3.25. The number of ether oxygens (including phenoxy) is 1. The molecular weight excluding hydrogens is 412 g/mol. The number of amides is 2. The summed E-state index contributed by atoms with van der Waals surface area (Å²) < 4.78 is 5.70. The molecule has 3 aromatic carbocycles. The second-order valence-electron chi connectivity index (χ2n) is 8.72. The van der Waals surface area contributed by atoms with Crippen molar-refractivity contribution in [2.24, 2.45) is 0 Å². The van der Waals surface area contributed by atoms with Gasteiger partial charge in [-0.15, -0.1) is 0 Å². The van der Waals surface area contributed by atoms with Crippen LogP contribution < -0.4 is 15.0 Å². The normalized spacial score (nSPS) is 13.8. The molecule has 0 unspecified atom stereocenters. The summed E-state index contributed by atoms with van der Waals surface area (Å²) in [4.78, 5) is 28.4. The van der Waals surface area contributed by atoms with Crippen LogP contribution in [-0.4, -0.2) is 17.9 Å². The Bertz CT molecular complexity index is 1220. The summed E-state index contributed by atoms with van der Waals surface area (Å²) in [5.74, 6) is -0.0475. The SMILES string of the molecule is Cc1ccc(C2=C(Nc3cc(C)cc(C)c3)C(=O)N(c3ccc(OC(C)C)cc3)C2=O)cc1. The smallest absolute Gasteiger partial charge is 0.282 e. The minimum atomic E-state index is -0.382. The van der Waals surface area contributed by atoms with Gasteiger partial charge in [-0.25, -0.2) is 4.90 Å². The summed E-state index contributed by atoms with van der Waals surface area (Å²) in [5.41, 5.74) is 5.84. The summed E-state index contributed by atoms with van der Waals surface area (Å²) in [6, 6.07) is 20.6. The molecule has 4 rings (SSSR count). The molecule has 1 aliphatic heterocycles. The number of carbonyl (C=O) groups excluding carboxylic acids is 2. The van der Waals surface area contributed by atoms with Crippen molar-refractivity contribution in [1.82, 2.24) is 0 Å². The molecule has 0 radical (unpaired) electrons. The van der Waals surface area contributed by atoms with Gasteiger partial charge in [0, 0.05) is 5.69 Å². The van der Waals surface area contributed by atoms with E-state index in [1.165, 1.54) is 4.90 Å². The van der Waals surface area contributed by atoms with Gasteiger partial charge in [0.1, 0.15) is 11.4 Å². The first-order chi connectivity index (χ1) is 15.7. The van der Waals surface area contributed by atoms with Crippen LogP contribution in [0.5, 0.6) is 5.75 Å². The van der Waals surface area contributed by atoms with Gasteiger partial charge >= 0.3 is 0 Å². The number of rotatable bonds is 6. The van der Waals surface area contributed by atoms with Crippen molar-refractivity contribution < 1.29 is 14.3 Å². The zero-order valence-electron chi connectivity index (χ0n) is 19.6. The third kappa shape index (κ3) is 4.67. The molecule has 0 spiro atoms. The van der Waals surface area contributed by atoms with E-state index >= 15 is 0 Å². The van der Waals surface area contributed by atoms with E-state index in [-0.39, 0.29) is 23.6 Å². The molecule has 0 aliphatic carbocycles. The standard InChI is InChI=1S/C28H28N2O3/c1-17(2)33-24-12-10-23(11-13-24)30-27(31)25(21-8-6-18(3)7-9-21)26(28(30)32)29-22-15-19(4)14-20(5)16-22/h6-17,29H,1-5H3. The van der Waals surface area contributed by atoms with Crippen LogP contribution in [0, 0.1) is 20.8 Å². The first kappa shape index (κ1) is 22.3. The number of nitrogens with one attached hydrogen (secondary N) is 1. The minimum absolute atomic E-state index is 0.0364. The maximum atomic E-state index is 13.6. The lowest BCUT2D eigenvalue weighted by atomic mass is 10.0. The zero-order chi connectivity index (χ0) is 23.7. The third-order valence-corrected chi connectivity index (χ3v) is 5.38. The van der Waals surface area contributed by atoms with Crippen LogP contribution >= 0.6 is 0 Å². The quantitative estimate of drug-likeness (QED) is 0.493. The highest BCUT2D eigenvalue weighted by molar-refractivity contribution is 6.46. The van der Waals surface area contributed by atoms with Crippen molar-refractivity contribution in [3.63, 3.8) is 0 Å². The van der Waals surface area contributed by atoms with Gasteiger partial charge in [0.15, 0.2) is 0 Å². The molecule has 1 aliphatic rings. The van der Waals surface area contributed by atoms with Crippen LogP contribution in [0.3, 0.4) is 0 Å². The molecule has 0 bridgehead atoms. The van der Waals surface area contributed by atoms with E-state index in [0.717, 1.165) is 22.4 Å². The second-order valence-corrected chi connectivity index (χ2v) is 8.72. The molecule has 5 heteroatoms. The maximum Gasteiger partial charge on any atom is 0.282 e. The van der Waals surface area contributed by atoms with Crippen molar-refractivity contribution in [2.45, 2.75) is 40.7 Å². The van der Waals surface area contributed by atoms with Crippen LogP contribution in [0.1, 0.15) is 36.1 Å².